The van der Waals surface area contributed by atoms with Crippen molar-refractivity contribution in [3.8, 4) is 0 Å². The van der Waals surface area contributed by atoms with Gasteiger partial charge in [0, 0.05) is 22.3 Å². The number of amides is 1. The quantitative estimate of drug-likeness (QED) is 0.855. The van der Waals surface area contributed by atoms with Crippen LogP contribution in [0.1, 0.15) is 35.3 Å². The lowest BCUT2D eigenvalue weighted by atomic mass is 10.1. The molecule has 2 aromatic carbocycles. The van der Waals surface area contributed by atoms with Crippen LogP contribution >= 0.6 is 11.6 Å². The predicted molar refractivity (Wildman–Crippen MR) is 106 cm³/mol. The van der Waals surface area contributed by atoms with Crippen molar-refractivity contribution in [1.82, 2.24) is 0 Å². The Morgan fingerprint density at radius 2 is 2.00 bits per heavy atom. The third kappa shape index (κ3) is 3.44. The second kappa shape index (κ2) is 6.93. The van der Waals surface area contributed by atoms with Gasteiger partial charge in [0.2, 0.25) is 10.0 Å². The first kappa shape index (κ1) is 18.7. The largest absolute Gasteiger partial charge is 0.322 e. The van der Waals surface area contributed by atoms with Gasteiger partial charge >= 0.3 is 0 Å². The van der Waals surface area contributed by atoms with Gasteiger partial charge in [-0.1, -0.05) is 17.7 Å². The van der Waals surface area contributed by atoms with E-state index in [1.165, 1.54) is 4.31 Å². The number of aryl methyl sites for hydroxylation is 1. The highest BCUT2D eigenvalue weighted by atomic mass is 35.5. The van der Waals surface area contributed by atoms with Gasteiger partial charge in [0.25, 0.3) is 5.91 Å². The second-order valence-electron chi connectivity index (χ2n) is 6.51. The minimum atomic E-state index is -3.33. The topological polar surface area (TPSA) is 66.5 Å². The van der Waals surface area contributed by atoms with E-state index in [0.717, 1.165) is 11.1 Å². The number of sulfonamides is 1. The predicted octanol–water partition coefficient (Wildman–Crippen LogP) is 4.00. The van der Waals surface area contributed by atoms with Crippen LogP contribution in [0.15, 0.2) is 36.4 Å². The van der Waals surface area contributed by atoms with Crippen molar-refractivity contribution < 1.29 is 13.2 Å². The summed E-state index contributed by atoms with van der Waals surface area (Å²) in [5, 5.41) is 3.42. The van der Waals surface area contributed by atoms with Gasteiger partial charge in [-0.05, 0) is 68.7 Å². The van der Waals surface area contributed by atoms with Crippen molar-refractivity contribution in [1.29, 1.82) is 0 Å². The Morgan fingerprint density at radius 1 is 1.27 bits per heavy atom. The standard InChI is InChI=1S/C19H21ClN2O3S/c1-4-26(24,25)22-13(3)9-15-10-14(6-8-18(15)22)19(23)21-17-11-16(20)7-5-12(17)2/h5-8,10-11,13H,4,9H2,1-3H3,(H,21,23)/t13-/m1/s1. The molecular formula is C19H21ClN2O3S. The van der Waals surface area contributed by atoms with Crippen LogP contribution in [0.5, 0.6) is 0 Å². The van der Waals surface area contributed by atoms with Crippen LogP contribution < -0.4 is 9.62 Å². The van der Waals surface area contributed by atoms with Gasteiger partial charge in [0.05, 0.1) is 11.4 Å². The summed E-state index contributed by atoms with van der Waals surface area (Å²) in [4.78, 5) is 12.6. The first-order valence-electron chi connectivity index (χ1n) is 8.45. The molecule has 0 saturated heterocycles. The summed E-state index contributed by atoms with van der Waals surface area (Å²) in [5.74, 6) is -0.199. The Bertz CT molecular complexity index is 973. The number of halogens is 1. The number of anilines is 2. The lowest BCUT2D eigenvalue weighted by molar-refractivity contribution is 0.102. The van der Waals surface area contributed by atoms with Crippen molar-refractivity contribution in [3.63, 3.8) is 0 Å². The first-order chi connectivity index (χ1) is 12.2. The van der Waals surface area contributed by atoms with Gasteiger partial charge in [-0.25, -0.2) is 8.42 Å². The summed E-state index contributed by atoms with van der Waals surface area (Å²) in [6.45, 7) is 5.40. The number of rotatable bonds is 4. The molecule has 0 unspecified atom stereocenters. The van der Waals surface area contributed by atoms with Gasteiger partial charge in [-0.2, -0.15) is 0 Å². The maximum Gasteiger partial charge on any atom is 0.255 e. The lowest BCUT2D eigenvalue weighted by Gasteiger charge is -2.23. The van der Waals surface area contributed by atoms with Crippen LogP contribution in [0.3, 0.4) is 0 Å². The van der Waals surface area contributed by atoms with Crippen LogP contribution in [0.25, 0.3) is 0 Å². The molecule has 0 aromatic heterocycles. The monoisotopic (exact) mass is 392 g/mol. The summed E-state index contributed by atoms with van der Waals surface area (Å²) in [5.41, 5.74) is 3.59. The average Bonchev–Trinajstić information content (AvgIpc) is 2.93. The molecule has 0 aliphatic carbocycles. The zero-order chi connectivity index (χ0) is 19.1. The number of hydrogen-bond donors (Lipinski definition) is 1. The molecule has 1 N–H and O–H groups in total. The highest BCUT2D eigenvalue weighted by Crippen LogP contribution is 2.35. The Morgan fingerprint density at radius 3 is 2.69 bits per heavy atom. The zero-order valence-electron chi connectivity index (χ0n) is 14.9. The molecule has 0 bridgehead atoms. The number of carbonyl (C=O) groups excluding carboxylic acids is 1. The van der Waals surface area contributed by atoms with Crippen LogP contribution in [0, 0.1) is 6.92 Å². The molecule has 0 radical (unpaired) electrons. The Balaban J connectivity index is 1.89. The number of nitrogens with zero attached hydrogens (tertiary/aromatic N) is 1. The van der Waals surface area contributed by atoms with Gasteiger partial charge in [-0.15, -0.1) is 0 Å². The fourth-order valence-corrected chi connectivity index (χ4v) is 4.78. The molecule has 1 aliphatic heterocycles. The molecule has 0 spiro atoms. The fraction of sp³-hybridized carbons (Fsp3) is 0.316. The molecule has 1 aliphatic rings. The van der Waals surface area contributed by atoms with Crippen LogP contribution in [-0.2, 0) is 16.4 Å². The maximum absolute atomic E-state index is 12.6. The molecule has 0 saturated carbocycles. The Labute approximate surface area is 159 Å². The van der Waals surface area contributed by atoms with Crippen molar-refractivity contribution in [2.24, 2.45) is 0 Å². The molecule has 26 heavy (non-hydrogen) atoms. The highest BCUT2D eigenvalue weighted by molar-refractivity contribution is 7.92. The number of carbonyl (C=O) groups is 1. The normalized spacial score (nSPS) is 16.5. The number of fused-ring (bicyclic) bond motifs is 1. The fourth-order valence-electron chi connectivity index (χ4n) is 3.23. The van der Waals surface area contributed by atoms with E-state index in [2.05, 4.69) is 5.32 Å². The van der Waals surface area contributed by atoms with Gasteiger partial charge < -0.3 is 5.32 Å². The molecule has 5 nitrogen and oxygen atoms in total. The number of nitrogens with one attached hydrogen (secondary N) is 1. The zero-order valence-corrected chi connectivity index (χ0v) is 16.5. The van der Waals surface area contributed by atoms with E-state index < -0.39 is 10.0 Å². The second-order valence-corrected chi connectivity index (χ2v) is 9.08. The van der Waals surface area contributed by atoms with E-state index in [9.17, 15) is 13.2 Å². The molecule has 1 amide bonds. The third-order valence-corrected chi connectivity index (χ3v) is 6.73. The Kier molecular flexibility index (Phi) is 4.99. The minimum absolute atomic E-state index is 0.0487. The van der Waals surface area contributed by atoms with Gasteiger partial charge in [0.1, 0.15) is 0 Å². The highest BCUT2D eigenvalue weighted by Gasteiger charge is 2.34. The molecule has 3 rings (SSSR count). The Hall–Kier alpha value is -2.05. The summed E-state index contributed by atoms with van der Waals surface area (Å²) >= 11 is 6.00. The molecule has 1 heterocycles. The lowest BCUT2D eigenvalue weighted by Crippen LogP contribution is -2.36. The number of benzene rings is 2. The molecular weight excluding hydrogens is 372 g/mol. The molecule has 1 atom stereocenters. The van der Waals surface area contributed by atoms with Crippen molar-refractivity contribution >= 4 is 38.9 Å². The minimum Gasteiger partial charge on any atom is -0.322 e. The summed E-state index contributed by atoms with van der Waals surface area (Å²) in [6.07, 6.45) is 0.589. The number of hydrogen-bond acceptors (Lipinski definition) is 3. The van der Waals surface area contributed by atoms with Crippen LogP contribution in [0.2, 0.25) is 5.02 Å². The van der Waals surface area contributed by atoms with Crippen molar-refractivity contribution in [3.05, 3.63) is 58.1 Å². The van der Waals surface area contributed by atoms with Crippen molar-refractivity contribution in [2.75, 3.05) is 15.4 Å². The summed E-state index contributed by atoms with van der Waals surface area (Å²) in [7, 11) is -3.33. The molecule has 2 aromatic rings. The van der Waals surface area contributed by atoms with E-state index in [1.54, 1.807) is 37.3 Å². The van der Waals surface area contributed by atoms with E-state index in [4.69, 9.17) is 11.6 Å². The van der Waals surface area contributed by atoms with Crippen molar-refractivity contribution in [2.45, 2.75) is 33.2 Å². The molecule has 7 heteroatoms. The molecule has 138 valence electrons. The smallest absolute Gasteiger partial charge is 0.255 e. The van der Waals surface area contributed by atoms with Gasteiger partial charge in [0.15, 0.2) is 0 Å². The third-order valence-electron chi connectivity index (χ3n) is 4.61. The molecule has 0 fully saturated rings. The van der Waals surface area contributed by atoms with Gasteiger partial charge in [-0.3, -0.25) is 9.10 Å². The maximum atomic E-state index is 12.6. The van der Waals surface area contributed by atoms with E-state index in [0.29, 0.717) is 28.4 Å². The van der Waals surface area contributed by atoms with E-state index in [-0.39, 0.29) is 17.7 Å². The van der Waals surface area contributed by atoms with E-state index in [1.807, 2.05) is 19.9 Å². The SMILES string of the molecule is CCS(=O)(=O)N1c2ccc(C(=O)Nc3cc(Cl)ccc3C)cc2C[C@H]1C. The summed E-state index contributed by atoms with van der Waals surface area (Å²) < 4.78 is 26.1. The van der Waals surface area contributed by atoms with Crippen LogP contribution in [-0.4, -0.2) is 26.1 Å². The first-order valence-corrected chi connectivity index (χ1v) is 10.4. The average molecular weight is 393 g/mol. The van der Waals surface area contributed by atoms with E-state index >= 15 is 0 Å². The van der Waals surface area contributed by atoms with Crippen LogP contribution in [0.4, 0.5) is 11.4 Å². The summed E-state index contributed by atoms with van der Waals surface area (Å²) in [6, 6.07) is 10.3.